The molecule has 1 unspecified atom stereocenters. The number of aromatic nitrogens is 2. The van der Waals surface area contributed by atoms with Gasteiger partial charge < -0.3 is 5.32 Å². The molecule has 118 valence electrons. The first-order valence-electron chi connectivity index (χ1n) is 7.63. The van der Waals surface area contributed by atoms with Crippen molar-refractivity contribution in [2.75, 3.05) is 0 Å². The maximum absolute atomic E-state index is 12.7. The van der Waals surface area contributed by atoms with Crippen LogP contribution in [0.5, 0.6) is 0 Å². The molecule has 1 N–H and O–H groups in total. The molecule has 0 aromatic carbocycles. The molecule has 1 fully saturated rings. The summed E-state index contributed by atoms with van der Waals surface area (Å²) in [5, 5.41) is 6.88. The molecule has 1 amide bonds. The van der Waals surface area contributed by atoms with Gasteiger partial charge >= 0.3 is 0 Å². The number of carbonyl (C=O) groups is 1. The Balaban J connectivity index is 2.01. The molecule has 1 saturated carbocycles. The minimum atomic E-state index is -2.61. The molecule has 0 aliphatic heterocycles. The van der Waals surface area contributed by atoms with Gasteiger partial charge in [0.25, 0.3) is 6.43 Å². The number of nitrogens with one attached hydrogen (secondary N) is 1. The van der Waals surface area contributed by atoms with E-state index in [0.29, 0.717) is 5.69 Å². The van der Waals surface area contributed by atoms with Crippen LogP contribution in [0.25, 0.3) is 0 Å². The second-order valence-electron chi connectivity index (χ2n) is 5.83. The highest BCUT2D eigenvalue weighted by atomic mass is 19.3. The first kappa shape index (κ1) is 15.9. The standard InChI is InChI=1S/C15H23F2N3O/c1-10-9-13(14(16)17)19-20(10)11(2)15(21)18-12-7-5-3-4-6-8-12/h9,11-12,14H,3-8H2,1-2H3,(H,18,21). The van der Waals surface area contributed by atoms with Gasteiger partial charge in [0.1, 0.15) is 11.7 Å². The van der Waals surface area contributed by atoms with Crippen LogP contribution in [-0.2, 0) is 4.79 Å². The molecular formula is C15H23F2N3O. The third kappa shape index (κ3) is 4.02. The molecule has 1 heterocycles. The Labute approximate surface area is 123 Å². The number of hydrogen-bond donors (Lipinski definition) is 1. The summed E-state index contributed by atoms with van der Waals surface area (Å²) in [5.74, 6) is -0.145. The lowest BCUT2D eigenvalue weighted by Crippen LogP contribution is -2.39. The molecule has 1 atom stereocenters. The van der Waals surface area contributed by atoms with Gasteiger partial charge in [0.15, 0.2) is 0 Å². The minimum absolute atomic E-state index is 0.145. The molecule has 1 aliphatic rings. The highest BCUT2D eigenvalue weighted by Crippen LogP contribution is 2.21. The summed E-state index contributed by atoms with van der Waals surface area (Å²) in [4.78, 5) is 12.3. The molecule has 0 radical (unpaired) electrons. The second kappa shape index (κ2) is 7.00. The van der Waals surface area contributed by atoms with E-state index >= 15 is 0 Å². The van der Waals surface area contributed by atoms with E-state index in [1.165, 1.54) is 23.6 Å². The zero-order chi connectivity index (χ0) is 15.4. The fourth-order valence-electron chi connectivity index (χ4n) is 2.87. The van der Waals surface area contributed by atoms with Crippen LogP contribution in [0, 0.1) is 6.92 Å². The topological polar surface area (TPSA) is 46.9 Å². The fraction of sp³-hybridized carbons (Fsp3) is 0.733. The van der Waals surface area contributed by atoms with E-state index in [9.17, 15) is 13.6 Å². The van der Waals surface area contributed by atoms with Crippen LogP contribution in [0.15, 0.2) is 6.07 Å². The van der Waals surface area contributed by atoms with Gasteiger partial charge in [-0.3, -0.25) is 9.48 Å². The van der Waals surface area contributed by atoms with Crippen LogP contribution in [-0.4, -0.2) is 21.7 Å². The zero-order valence-electron chi connectivity index (χ0n) is 12.6. The predicted molar refractivity (Wildman–Crippen MR) is 76.3 cm³/mol. The largest absolute Gasteiger partial charge is 0.352 e. The number of nitrogens with zero attached hydrogens (tertiary/aromatic N) is 2. The second-order valence-corrected chi connectivity index (χ2v) is 5.83. The molecule has 0 spiro atoms. The van der Waals surface area contributed by atoms with Gasteiger partial charge in [-0.15, -0.1) is 0 Å². The highest BCUT2D eigenvalue weighted by Gasteiger charge is 2.23. The van der Waals surface area contributed by atoms with E-state index in [1.807, 2.05) is 0 Å². The van der Waals surface area contributed by atoms with Crippen LogP contribution in [0.2, 0.25) is 0 Å². The van der Waals surface area contributed by atoms with Crippen molar-refractivity contribution in [2.45, 2.75) is 70.9 Å². The van der Waals surface area contributed by atoms with Crippen LogP contribution in [0.1, 0.15) is 69.3 Å². The third-order valence-electron chi connectivity index (χ3n) is 4.11. The number of alkyl halides is 2. The Bertz CT molecular complexity index is 479. The lowest BCUT2D eigenvalue weighted by molar-refractivity contribution is -0.125. The summed E-state index contributed by atoms with van der Waals surface area (Å²) >= 11 is 0. The van der Waals surface area contributed by atoms with Gasteiger partial charge in [-0.2, -0.15) is 5.10 Å². The highest BCUT2D eigenvalue weighted by molar-refractivity contribution is 5.80. The van der Waals surface area contributed by atoms with Crippen molar-refractivity contribution in [1.82, 2.24) is 15.1 Å². The minimum Gasteiger partial charge on any atom is -0.352 e. The third-order valence-corrected chi connectivity index (χ3v) is 4.11. The van der Waals surface area contributed by atoms with Crippen molar-refractivity contribution in [3.63, 3.8) is 0 Å². The summed E-state index contributed by atoms with van der Waals surface area (Å²) in [6, 6.07) is 0.966. The summed E-state index contributed by atoms with van der Waals surface area (Å²) in [7, 11) is 0. The SMILES string of the molecule is Cc1cc(C(F)F)nn1C(C)C(=O)NC1CCCCCC1. The number of hydrogen-bond acceptors (Lipinski definition) is 2. The van der Waals surface area contributed by atoms with Crippen molar-refractivity contribution in [1.29, 1.82) is 0 Å². The molecule has 1 aromatic heterocycles. The molecule has 0 bridgehead atoms. The van der Waals surface area contributed by atoms with E-state index in [0.717, 1.165) is 25.7 Å². The summed E-state index contributed by atoms with van der Waals surface area (Å²) in [6.45, 7) is 3.38. The van der Waals surface area contributed by atoms with Crippen molar-refractivity contribution < 1.29 is 13.6 Å². The molecule has 6 heteroatoms. The van der Waals surface area contributed by atoms with E-state index in [1.54, 1.807) is 13.8 Å². The van der Waals surface area contributed by atoms with Gasteiger partial charge in [-0.1, -0.05) is 25.7 Å². The van der Waals surface area contributed by atoms with Gasteiger partial charge in [0.05, 0.1) is 0 Å². The number of aryl methyl sites for hydroxylation is 1. The average Bonchev–Trinajstić information content (AvgIpc) is 2.66. The number of rotatable bonds is 4. The summed E-state index contributed by atoms with van der Waals surface area (Å²) in [5.41, 5.74) is 0.301. The Kier molecular flexibility index (Phi) is 5.31. The molecule has 21 heavy (non-hydrogen) atoms. The molecule has 0 saturated heterocycles. The normalized spacial score (nSPS) is 18.5. The maximum Gasteiger partial charge on any atom is 0.282 e. The van der Waals surface area contributed by atoms with Crippen LogP contribution >= 0.6 is 0 Å². The lowest BCUT2D eigenvalue weighted by Gasteiger charge is -2.20. The molecule has 4 nitrogen and oxygen atoms in total. The smallest absolute Gasteiger partial charge is 0.282 e. The fourth-order valence-corrected chi connectivity index (χ4v) is 2.87. The van der Waals surface area contributed by atoms with Crippen molar-refractivity contribution in [3.8, 4) is 0 Å². The Morgan fingerprint density at radius 2 is 1.95 bits per heavy atom. The number of carbonyl (C=O) groups excluding carboxylic acids is 1. The van der Waals surface area contributed by atoms with E-state index < -0.39 is 12.5 Å². The summed E-state index contributed by atoms with van der Waals surface area (Å²) < 4.78 is 26.7. The Morgan fingerprint density at radius 1 is 1.33 bits per heavy atom. The van der Waals surface area contributed by atoms with E-state index in [4.69, 9.17) is 0 Å². The monoisotopic (exact) mass is 299 g/mol. The molecule has 1 aromatic rings. The lowest BCUT2D eigenvalue weighted by atomic mass is 10.1. The molecular weight excluding hydrogens is 276 g/mol. The zero-order valence-corrected chi connectivity index (χ0v) is 12.6. The van der Waals surface area contributed by atoms with Gasteiger partial charge in [-0.05, 0) is 32.8 Å². The average molecular weight is 299 g/mol. The molecule has 1 aliphatic carbocycles. The summed E-state index contributed by atoms with van der Waals surface area (Å²) in [6.07, 6.45) is 4.10. The predicted octanol–water partition coefficient (Wildman–Crippen LogP) is 3.53. The van der Waals surface area contributed by atoms with Crippen LogP contribution < -0.4 is 5.32 Å². The van der Waals surface area contributed by atoms with Gasteiger partial charge in [-0.25, -0.2) is 8.78 Å². The van der Waals surface area contributed by atoms with Crippen molar-refractivity contribution >= 4 is 5.91 Å². The van der Waals surface area contributed by atoms with Crippen LogP contribution in [0.3, 0.4) is 0 Å². The Morgan fingerprint density at radius 3 is 2.48 bits per heavy atom. The van der Waals surface area contributed by atoms with Gasteiger partial charge in [0, 0.05) is 11.7 Å². The van der Waals surface area contributed by atoms with Crippen molar-refractivity contribution in [3.05, 3.63) is 17.5 Å². The molecule has 2 rings (SSSR count). The maximum atomic E-state index is 12.7. The first-order chi connectivity index (χ1) is 9.99. The number of halogens is 2. The van der Waals surface area contributed by atoms with Crippen molar-refractivity contribution in [2.24, 2.45) is 0 Å². The Hall–Kier alpha value is -1.46. The number of amides is 1. The van der Waals surface area contributed by atoms with E-state index in [-0.39, 0.29) is 17.6 Å². The quantitative estimate of drug-likeness (QED) is 0.865. The van der Waals surface area contributed by atoms with Gasteiger partial charge in [0.2, 0.25) is 5.91 Å². The van der Waals surface area contributed by atoms with E-state index in [2.05, 4.69) is 10.4 Å². The van der Waals surface area contributed by atoms with Crippen LogP contribution in [0.4, 0.5) is 8.78 Å². The first-order valence-corrected chi connectivity index (χ1v) is 7.63.